The summed E-state index contributed by atoms with van der Waals surface area (Å²) in [4.78, 5) is 13.7. The van der Waals surface area contributed by atoms with E-state index < -0.39 is 0 Å². The van der Waals surface area contributed by atoms with Gasteiger partial charge in [0.15, 0.2) is 0 Å². The van der Waals surface area contributed by atoms with Crippen LogP contribution in [-0.2, 0) is 4.74 Å². The van der Waals surface area contributed by atoms with Crippen molar-refractivity contribution < 1.29 is 9.53 Å². The van der Waals surface area contributed by atoms with E-state index in [1.165, 1.54) is 0 Å². The Hall–Kier alpha value is -1.35. The monoisotopic (exact) mass is 221 g/mol. The summed E-state index contributed by atoms with van der Waals surface area (Å²) in [5.41, 5.74) is 1.74. The van der Waals surface area contributed by atoms with E-state index in [0.717, 1.165) is 12.1 Å². The average molecular weight is 221 g/mol. The molecule has 0 aromatic heterocycles. The molecule has 16 heavy (non-hydrogen) atoms. The van der Waals surface area contributed by atoms with Gasteiger partial charge in [0.1, 0.15) is 6.10 Å². The summed E-state index contributed by atoms with van der Waals surface area (Å²) in [7, 11) is 3.91. The first-order valence-corrected chi connectivity index (χ1v) is 5.41. The Labute approximate surface area is 97.0 Å². The number of hydrogen-bond acceptors (Lipinski definition) is 3. The van der Waals surface area contributed by atoms with E-state index in [4.69, 9.17) is 4.74 Å². The first kappa shape index (κ1) is 12.7. The molecule has 1 unspecified atom stereocenters. The van der Waals surface area contributed by atoms with E-state index in [1.807, 2.05) is 45.0 Å². The van der Waals surface area contributed by atoms with Gasteiger partial charge in [0.25, 0.3) is 0 Å². The smallest absolute Gasteiger partial charge is 0.338 e. The van der Waals surface area contributed by atoms with Crippen molar-refractivity contribution in [1.29, 1.82) is 0 Å². The number of ether oxygens (including phenoxy) is 1. The molecule has 1 rings (SSSR count). The Morgan fingerprint density at radius 1 is 1.31 bits per heavy atom. The molecule has 0 radical (unpaired) electrons. The molecule has 0 saturated carbocycles. The summed E-state index contributed by atoms with van der Waals surface area (Å²) in [6.45, 7) is 4.62. The molecule has 88 valence electrons. The molecule has 1 aromatic carbocycles. The lowest BCUT2D eigenvalue weighted by Gasteiger charge is -2.17. The minimum Gasteiger partial charge on any atom is -0.458 e. The lowest BCUT2D eigenvalue weighted by molar-refractivity contribution is 0.0289. The van der Waals surface area contributed by atoms with Crippen molar-refractivity contribution in [2.75, 3.05) is 20.6 Å². The maximum atomic E-state index is 11.7. The van der Waals surface area contributed by atoms with Crippen LogP contribution in [0.4, 0.5) is 0 Å². The Morgan fingerprint density at radius 3 is 2.38 bits per heavy atom. The maximum Gasteiger partial charge on any atom is 0.338 e. The Kier molecular flexibility index (Phi) is 4.50. The standard InChI is InChI=1S/C13H19NO2/c1-10-5-7-12(8-6-10)13(15)16-11(2)9-14(3)4/h5-8,11H,9H2,1-4H3. The molecule has 1 atom stereocenters. The fraction of sp³-hybridized carbons (Fsp3) is 0.462. The van der Waals surface area contributed by atoms with Crippen molar-refractivity contribution in [1.82, 2.24) is 4.90 Å². The molecule has 0 aliphatic rings. The van der Waals surface area contributed by atoms with Crippen LogP contribution in [0.2, 0.25) is 0 Å². The van der Waals surface area contributed by atoms with Crippen molar-refractivity contribution in [2.24, 2.45) is 0 Å². The van der Waals surface area contributed by atoms with Gasteiger partial charge < -0.3 is 9.64 Å². The molecule has 0 aliphatic heterocycles. The van der Waals surface area contributed by atoms with E-state index in [1.54, 1.807) is 12.1 Å². The normalized spacial score (nSPS) is 12.6. The molecular formula is C13H19NO2. The molecule has 0 saturated heterocycles. The molecule has 0 spiro atoms. The van der Waals surface area contributed by atoms with Gasteiger partial charge in [-0.3, -0.25) is 0 Å². The van der Waals surface area contributed by atoms with Gasteiger partial charge in [0.05, 0.1) is 5.56 Å². The summed E-state index contributed by atoms with van der Waals surface area (Å²) >= 11 is 0. The van der Waals surface area contributed by atoms with Crippen molar-refractivity contribution in [3.05, 3.63) is 35.4 Å². The van der Waals surface area contributed by atoms with E-state index >= 15 is 0 Å². The van der Waals surface area contributed by atoms with E-state index in [9.17, 15) is 4.79 Å². The third-order valence-corrected chi connectivity index (χ3v) is 2.22. The summed E-state index contributed by atoms with van der Waals surface area (Å²) in [6.07, 6.45) is -0.0937. The highest BCUT2D eigenvalue weighted by atomic mass is 16.5. The van der Waals surface area contributed by atoms with E-state index in [0.29, 0.717) is 5.56 Å². The predicted octanol–water partition coefficient (Wildman–Crippen LogP) is 2.10. The van der Waals surface area contributed by atoms with Crippen LogP contribution < -0.4 is 0 Å². The number of benzene rings is 1. The molecular weight excluding hydrogens is 202 g/mol. The topological polar surface area (TPSA) is 29.5 Å². The minimum atomic E-state index is -0.255. The zero-order valence-electron chi connectivity index (χ0n) is 10.4. The molecule has 1 aromatic rings. The van der Waals surface area contributed by atoms with Crippen molar-refractivity contribution in [3.63, 3.8) is 0 Å². The summed E-state index contributed by atoms with van der Waals surface area (Å²) < 4.78 is 5.31. The molecule has 0 N–H and O–H groups in total. The zero-order valence-corrected chi connectivity index (χ0v) is 10.4. The number of carbonyl (C=O) groups is 1. The lowest BCUT2D eigenvalue weighted by Crippen LogP contribution is -2.28. The summed E-state index contributed by atoms with van der Waals surface area (Å²) in [5.74, 6) is -0.255. The second-order valence-corrected chi connectivity index (χ2v) is 4.34. The largest absolute Gasteiger partial charge is 0.458 e. The molecule has 3 heteroatoms. The number of likely N-dealkylation sites (N-methyl/N-ethyl adjacent to an activating group) is 1. The van der Waals surface area contributed by atoms with Crippen LogP contribution in [0.25, 0.3) is 0 Å². The van der Waals surface area contributed by atoms with Gasteiger partial charge in [-0.15, -0.1) is 0 Å². The first-order valence-electron chi connectivity index (χ1n) is 5.41. The number of aryl methyl sites for hydroxylation is 1. The highest BCUT2D eigenvalue weighted by molar-refractivity contribution is 5.89. The van der Waals surface area contributed by atoms with Crippen LogP contribution in [-0.4, -0.2) is 37.6 Å². The third kappa shape index (κ3) is 4.03. The fourth-order valence-corrected chi connectivity index (χ4v) is 1.49. The van der Waals surface area contributed by atoms with Gasteiger partial charge in [0, 0.05) is 6.54 Å². The Bertz CT molecular complexity index is 343. The van der Waals surface area contributed by atoms with Crippen molar-refractivity contribution in [3.8, 4) is 0 Å². The number of nitrogens with zero attached hydrogens (tertiary/aromatic N) is 1. The van der Waals surface area contributed by atoms with Gasteiger partial charge in [-0.05, 0) is 40.1 Å². The van der Waals surface area contributed by atoms with Gasteiger partial charge in [-0.25, -0.2) is 4.79 Å². The highest BCUT2D eigenvalue weighted by Crippen LogP contribution is 2.06. The molecule has 0 fully saturated rings. The molecule has 3 nitrogen and oxygen atoms in total. The Balaban J connectivity index is 2.55. The molecule has 0 bridgehead atoms. The second-order valence-electron chi connectivity index (χ2n) is 4.34. The van der Waals surface area contributed by atoms with Crippen molar-refractivity contribution in [2.45, 2.75) is 20.0 Å². The van der Waals surface area contributed by atoms with Gasteiger partial charge in [0.2, 0.25) is 0 Å². The molecule has 0 heterocycles. The predicted molar refractivity (Wildman–Crippen MR) is 64.6 cm³/mol. The second kappa shape index (κ2) is 5.66. The maximum absolute atomic E-state index is 11.7. The zero-order chi connectivity index (χ0) is 12.1. The minimum absolute atomic E-state index is 0.0937. The lowest BCUT2D eigenvalue weighted by atomic mass is 10.1. The molecule has 0 aliphatic carbocycles. The molecule has 0 amide bonds. The van der Waals surface area contributed by atoms with Gasteiger partial charge >= 0.3 is 5.97 Å². The van der Waals surface area contributed by atoms with E-state index in [2.05, 4.69) is 0 Å². The Morgan fingerprint density at radius 2 is 1.88 bits per heavy atom. The highest BCUT2D eigenvalue weighted by Gasteiger charge is 2.12. The fourth-order valence-electron chi connectivity index (χ4n) is 1.49. The SMILES string of the molecule is Cc1ccc(C(=O)OC(C)CN(C)C)cc1. The van der Waals surface area contributed by atoms with Gasteiger partial charge in [-0.1, -0.05) is 17.7 Å². The first-order chi connectivity index (χ1) is 7.49. The van der Waals surface area contributed by atoms with Crippen LogP contribution in [0.5, 0.6) is 0 Å². The van der Waals surface area contributed by atoms with Crippen LogP contribution in [0.3, 0.4) is 0 Å². The van der Waals surface area contributed by atoms with Gasteiger partial charge in [-0.2, -0.15) is 0 Å². The van der Waals surface area contributed by atoms with E-state index in [-0.39, 0.29) is 12.1 Å². The summed E-state index contributed by atoms with van der Waals surface area (Å²) in [5, 5.41) is 0. The van der Waals surface area contributed by atoms with Crippen LogP contribution in [0, 0.1) is 6.92 Å². The van der Waals surface area contributed by atoms with Crippen LogP contribution in [0.1, 0.15) is 22.8 Å². The quantitative estimate of drug-likeness (QED) is 0.729. The number of hydrogen-bond donors (Lipinski definition) is 0. The number of carbonyl (C=O) groups excluding carboxylic acids is 1. The summed E-state index contributed by atoms with van der Waals surface area (Å²) in [6, 6.07) is 7.40. The van der Waals surface area contributed by atoms with Crippen LogP contribution in [0.15, 0.2) is 24.3 Å². The van der Waals surface area contributed by atoms with Crippen LogP contribution >= 0.6 is 0 Å². The van der Waals surface area contributed by atoms with Crippen molar-refractivity contribution >= 4 is 5.97 Å². The number of rotatable bonds is 4. The third-order valence-electron chi connectivity index (χ3n) is 2.22. The number of esters is 1. The average Bonchev–Trinajstić information content (AvgIpc) is 2.16.